The summed E-state index contributed by atoms with van der Waals surface area (Å²) in [6, 6.07) is 14.0. The van der Waals surface area contributed by atoms with Crippen LogP contribution in [0.5, 0.6) is 0 Å². The molecule has 3 heterocycles. The summed E-state index contributed by atoms with van der Waals surface area (Å²) in [6.07, 6.45) is 4.39. The first kappa shape index (κ1) is 17.3. The van der Waals surface area contributed by atoms with Crippen LogP contribution in [0.4, 0.5) is 4.39 Å². The highest BCUT2D eigenvalue weighted by Gasteiger charge is 2.15. The molecule has 0 fully saturated rings. The summed E-state index contributed by atoms with van der Waals surface area (Å²) in [7, 11) is 0. The van der Waals surface area contributed by atoms with Crippen LogP contribution in [0.3, 0.4) is 0 Å². The fourth-order valence-electron chi connectivity index (χ4n) is 2.95. The molecular formula is C21H20FN3O2. The number of rotatable bonds is 7. The highest BCUT2D eigenvalue weighted by atomic mass is 19.1. The molecule has 0 unspecified atom stereocenters. The summed E-state index contributed by atoms with van der Waals surface area (Å²) in [5.74, 6) is 2.17. The summed E-state index contributed by atoms with van der Waals surface area (Å²) in [4.78, 5) is 0. The second-order valence-corrected chi connectivity index (χ2v) is 6.34. The molecule has 4 rings (SSSR count). The predicted octanol–water partition coefficient (Wildman–Crippen LogP) is 4.51. The van der Waals surface area contributed by atoms with Gasteiger partial charge in [0.15, 0.2) is 5.76 Å². The summed E-state index contributed by atoms with van der Waals surface area (Å²) >= 11 is 0. The molecule has 0 saturated carbocycles. The van der Waals surface area contributed by atoms with Gasteiger partial charge >= 0.3 is 0 Å². The summed E-state index contributed by atoms with van der Waals surface area (Å²) < 4.78 is 26.4. The Kier molecular flexibility index (Phi) is 4.89. The van der Waals surface area contributed by atoms with Crippen LogP contribution < -0.4 is 5.32 Å². The lowest BCUT2D eigenvalue weighted by Crippen LogP contribution is -2.16. The van der Waals surface area contributed by atoms with E-state index in [1.165, 1.54) is 12.1 Å². The van der Waals surface area contributed by atoms with Crippen LogP contribution in [0.2, 0.25) is 0 Å². The average Bonchev–Trinajstić information content (AvgIpc) is 3.39. The van der Waals surface area contributed by atoms with Crippen molar-refractivity contribution in [3.8, 4) is 17.1 Å². The molecule has 0 bridgehead atoms. The number of aromatic nitrogens is 2. The van der Waals surface area contributed by atoms with E-state index in [0.29, 0.717) is 18.0 Å². The third kappa shape index (κ3) is 4.01. The minimum atomic E-state index is -0.295. The smallest absolute Gasteiger partial charge is 0.154 e. The van der Waals surface area contributed by atoms with E-state index in [2.05, 4.69) is 10.4 Å². The molecule has 1 aromatic carbocycles. The van der Waals surface area contributed by atoms with Crippen LogP contribution in [-0.4, -0.2) is 16.3 Å². The van der Waals surface area contributed by atoms with Crippen LogP contribution >= 0.6 is 0 Å². The Labute approximate surface area is 156 Å². The molecule has 0 spiro atoms. The normalized spacial score (nSPS) is 11.2. The summed E-state index contributed by atoms with van der Waals surface area (Å²) in [5, 5.41) is 8.04. The van der Waals surface area contributed by atoms with Crippen molar-refractivity contribution < 1.29 is 13.2 Å². The SMILES string of the molecule is Cc1ccc(-c2nn(-c3cccc(F)c3)cc2CNCCc2ccco2)o1. The Bertz CT molecular complexity index is 1020. The Balaban J connectivity index is 1.56. The first-order chi connectivity index (χ1) is 13.2. The largest absolute Gasteiger partial charge is 0.469 e. The molecule has 0 aliphatic rings. The van der Waals surface area contributed by atoms with Crippen molar-refractivity contribution >= 4 is 0 Å². The molecular weight excluding hydrogens is 345 g/mol. The highest BCUT2D eigenvalue weighted by molar-refractivity contribution is 5.57. The molecule has 0 radical (unpaired) electrons. The summed E-state index contributed by atoms with van der Waals surface area (Å²) in [6.45, 7) is 3.29. The van der Waals surface area contributed by atoms with Crippen molar-refractivity contribution in [2.45, 2.75) is 19.9 Å². The third-order valence-electron chi connectivity index (χ3n) is 4.28. The van der Waals surface area contributed by atoms with Gasteiger partial charge in [0.25, 0.3) is 0 Å². The zero-order valence-corrected chi connectivity index (χ0v) is 15.0. The first-order valence-electron chi connectivity index (χ1n) is 8.83. The quantitative estimate of drug-likeness (QED) is 0.490. The van der Waals surface area contributed by atoms with Crippen molar-refractivity contribution in [2.75, 3.05) is 6.54 Å². The fourth-order valence-corrected chi connectivity index (χ4v) is 2.95. The van der Waals surface area contributed by atoms with Gasteiger partial charge in [-0.2, -0.15) is 5.10 Å². The predicted molar refractivity (Wildman–Crippen MR) is 100 cm³/mol. The van der Waals surface area contributed by atoms with Crippen LogP contribution in [0.25, 0.3) is 17.1 Å². The Morgan fingerprint density at radius 2 is 2.07 bits per heavy atom. The molecule has 5 nitrogen and oxygen atoms in total. The monoisotopic (exact) mass is 365 g/mol. The van der Waals surface area contributed by atoms with E-state index >= 15 is 0 Å². The topological polar surface area (TPSA) is 56.1 Å². The number of benzene rings is 1. The highest BCUT2D eigenvalue weighted by Crippen LogP contribution is 2.25. The Hall–Kier alpha value is -3.12. The second-order valence-electron chi connectivity index (χ2n) is 6.34. The van der Waals surface area contributed by atoms with Crippen molar-refractivity contribution in [2.24, 2.45) is 0 Å². The van der Waals surface area contributed by atoms with Gasteiger partial charge in [0.1, 0.15) is 23.0 Å². The molecule has 0 aliphatic carbocycles. The minimum Gasteiger partial charge on any atom is -0.469 e. The lowest BCUT2D eigenvalue weighted by molar-refractivity contribution is 0.498. The van der Waals surface area contributed by atoms with Crippen molar-refractivity contribution in [3.63, 3.8) is 0 Å². The zero-order chi connectivity index (χ0) is 18.6. The molecule has 0 saturated heterocycles. The van der Waals surface area contributed by atoms with E-state index < -0.39 is 0 Å². The summed E-state index contributed by atoms with van der Waals surface area (Å²) in [5.41, 5.74) is 2.40. The second kappa shape index (κ2) is 7.63. The van der Waals surface area contributed by atoms with Gasteiger partial charge in [-0.25, -0.2) is 9.07 Å². The molecule has 0 atom stereocenters. The van der Waals surface area contributed by atoms with Gasteiger partial charge in [0.2, 0.25) is 0 Å². The van der Waals surface area contributed by atoms with Gasteiger partial charge in [-0.3, -0.25) is 0 Å². The van der Waals surface area contributed by atoms with Crippen molar-refractivity contribution in [1.29, 1.82) is 0 Å². The number of aryl methyl sites for hydroxylation is 1. The van der Waals surface area contributed by atoms with Gasteiger partial charge in [-0.1, -0.05) is 6.07 Å². The molecule has 4 aromatic rings. The van der Waals surface area contributed by atoms with Gasteiger partial charge in [0, 0.05) is 31.3 Å². The number of nitrogens with one attached hydrogen (secondary N) is 1. The molecule has 1 N–H and O–H groups in total. The molecule has 27 heavy (non-hydrogen) atoms. The van der Waals surface area contributed by atoms with E-state index in [1.54, 1.807) is 17.0 Å². The molecule has 138 valence electrons. The maximum absolute atomic E-state index is 13.6. The standard InChI is InChI=1S/C21H20FN3O2/c1-15-7-8-20(27-15)21-16(13-23-10-9-19-6-3-11-26-19)14-25(24-21)18-5-2-4-17(22)12-18/h2-8,11-12,14,23H,9-10,13H2,1H3. The number of furan rings is 2. The van der Waals surface area contributed by atoms with Crippen LogP contribution in [0.15, 0.2) is 69.8 Å². The minimum absolute atomic E-state index is 0.295. The lowest BCUT2D eigenvalue weighted by Gasteiger charge is -2.03. The number of halogens is 1. The number of hydrogen-bond donors (Lipinski definition) is 1. The maximum atomic E-state index is 13.6. The van der Waals surface area contributed by atoms with Gasteiger partial charge in [-0.15, -0.1) is 0 Å². The average molecular weight is 365 g/mol. The molecule has 6 heteroatoms. The van der Waals surface area contributed by atoms with E-state index in [1.807, 2.05) is 43.5 Å². The Morgan fingerprint density at radius 3 is 2.81 bits per heavy atom. The van der Waals surface area contributed by atoms with E-state index in [4.69, 9.17) is 8.83 Å². The van der Waals surface area contributed by atoms with E-state index in [0.717, 1.165) is 35.7 Å². The van der Waals surface area contributed by atoms with E-state index in [-0.39, 0.29) is 5.82 Å². The van der Waals surface area contributed by atoms with Gasteiger partial charge < -0.3 is 14.2 Å². The van der Waals surface area contributed by atoms with Crippen LogP contribution in [-0.2, 0) is 13.0 Å². The van der Waals surface area contributed by atoms with Crippen molar-refractivity contribution in [3.05, 3.63) is 83.9 Å². The van der Waals surface area contributed by atoms with Gasteiger partial charge in [0.05, 0.1) is 12.0 Å². The first-order valence-corrected chi connectivity index (χ1v) is 8.83. The maximum Gasteiger partial charge on any atom is 0.154 e. The van der Waals surface area contributed by atoms with E-state index in [9.17, 15) is 4.39 Å². The van der Waals surface area contributed by atoms with Crippen molar-refractivity contribution in [1.82, 2.24) is 15.1 Å². The molecule has 3 aromatic heterocycles. The lowest BCUT2D eigenvalue weighted by atomic mass is 10.2. The number of nitrogens with zero attached hydrogens (tertiary/aromatic N) is 2. The molecule has 0 amide bonds. The number of hydrogen-bond acceptors (Lipinski definition) is 4. The Morgan fingerprint density at radius 1 is 1.15 bits per heavy atom. The zero-order valence-electron chi connectivity index (χ0n) is 15.0. The fraction of sp³-hybridized carbons (Fsp3) is 0.190. The van der Waals surface area contributed by atoms with Crippen LogP contribution in [0.1, 0.15) is 17.1 Å². The third-order valence-corrected chi connectivity index (χ3v) is 4.28. The van der Waals surface area contributed by atoms with Crippen LogP contribution in [0, 0.1) is 12.7 Å². The molecule has 0 aliphatic heterocycles. The van der Waals surface area contributed by atoms with Gasteiger partial charge in [-0.05, 0) is 49.4 Å².